The van der Waals surface area contributed by atoms with Crippen molar-refractivity contribution in [1.82, 2.24) is 15.2 Å². The third kappa shape index (κ3) is 4.00. The zero-order valence-corrected chi connectivity index (χ0v) is 11.4. The number of halogens is 1. The molecule has 0 bridgehead atoms. The summed E-state index contributed by atoms with van der Waals surface area (Å²) in [6, 6.07) is 3.15. The van der Waals surface area contributed by atoms with E-state index in [1.54, 1.807) is 20.2 Å². The Hall–Kier alpha value is -1.62. The fraction of sp³-hybridized carbons (Fsp3) is 0.417. The van der Waals surface area contributed by atoms with Gasteiger partial charge in [0.2, 0.25) is 5.91 Å². The molecule has 1 N–H and O–H groups in total. The fourth-order valence-corrected chi connectivity index (χ4v) is 1.51. The maximum Gasteiger partial charge on any atom is 0.251 e. The quantitative estimate of drug-likeness (QED) is 0.833. The first-order chi connectivity index (χ1) is 8.43. The smallest absolute Gasteiger partial charge is 0.251 e. The molecule has 0 saturated heterocycles. The van der Waals surface area contributed by atoms with Crippen LogP contribution in [-0.4, -0.2) is 42.3 Å². The zero-order valence-electron chi connectivity index (χ0n) is 10.7. The normalized spacial score (nSPS) is 10.0. The molecular weight excluding hydrogens is 254 g/mol. The van der Waals surface area contributed by atoms with Crippen LogP contribution in [0.2, 0.25) is 5.15 Å². The molecule has 0 spiro atoms. The molecule has 0 aliphatic rings. The molecular formula is C12H16ClN3O2. The lowest BCUT2D eigenvalue weighted by Gasteiger charge is -2.11. The third-order valence-corrected chi connectivity index (χ3v) is 2.56. The molecule has 1 aromatic rings. The lowest BCUT2D eigenvalue weighted by atomic mass is 10.2. The molecule has 0 atom stereocenters. The first-order valence-corrected chi connectivity index (χ1v) is 5.96. The number of rotatable bonds is 4. The molecule has 0 saturated carbocycles. The van der Waals surface area contributed by atoms with Crippen LogP contribution >= 0.6 is 11.6 Å². The maximum atomic E-state index is 11.8. The summed E-state index contributed by atoms with van der Waals surface area (Å²) in [6.45, 7) is 1.89. The van der Waals surface area contributed by atoms with Crippen molar-refractivity contribution < 1.29 is 9.59 Å². The highest BCUT2D eigenvalue weighted by Gasteiger charge is 2.11. The number of nitrogens with zero attached hydrogens (tertiary/aromatic N) is 2. The first-order valence-electron chi connectivity index (χ1n) is 5.58. The summed E-state index contributed by atoms with van der Waals surface area (Å²) < 4.78 is 0. The molecule has 2 amide bonds. The third-order valence-electron chi connectivity index (χ3n) is 2.37. The minimum atomic E-state index is -0.329. The van der Waals surface area contributed by atoms with Gasteiger partial charge in [0.15, 0.2) is 0 Å². The van der Waals surface area contributed by atoms with Crippen LogP contribution in [0, 0.1) is 0 Å². The molecule has 1 heterocycles. The average molecular weight is 270 g/mol. The van der Waals surface area contributed by atoms with Crippen molar-refractivity contribution >= 4 is 23.4 Å². The van der Waals surface area contributed by atoms with Gasteiger partial charge in [0.05, 0.1) is 6.54 Å². The highest BCUT2D eigenvalue weighted by molar-refractivity contribution is 6.29. The highest BCUT2D eigenvalue weighted by Crippen LogP contribution is 2.11. The van der Waals surface area contributed by atoms with E-state index in [4.69, 9.17) is 11.6 Å². The summed E-state index contributed by atoms with van der Waals surface area (Å²) in [7, 11) is 3.26. The Labute approximate surface area is 111 Å². The molecule has 0 aromatic carbocycles. The van der Waals surface area contributed by atoms with Crippen molar-refractivity contribution in [2.75, 3.05) is 20.6 Å². The zero-order chi connectivity index (χ0) is 13.7. The summed E-state index contributed by atoms with van der Waals surface area (Å²) in [5.41, 5.74) is 1.16. The minimum absolute atomic E-state index is 0.0345. The van der Waals surface area contributed by atoms with Crippen LogP contribution in [-0.2, 0) is 11.2 Å². The van der Waals surface area contributed by atoms with Crippen LogP contribution in [0.5, 0.6) is 0 Å². The number of carbonyl (C=O) groups is 2. The highest BCUT2D eigenvalue weighted by atomic mass is 35.5. The monoisotopic (exact) mass is 269 g/mol. The van der Waals surface area contributed by atoms with Crippen LogP contribution in [0.25, 0.3) is 0 Å². The fourth-order valence-electron chi connectivity index (χ4n) is 1.28. The number of aryl methyl sites for hydroxylation is 1. The number of pyridine rings is 1. The summed E-state index contributed by atoms with van der Waals surface area (Å²) in [4.78, 5) is 28.6. The number of hydrogen-bond acceptors (Lipinski definition) is 3. The van der Waals surface area contributed by atoms with Gasteiger partial charge in [-0.15, -0.1) is 0 Å². The summed E-state index contributed by atoms with van der Waals surface area (Å²) >= 11 is 5.82. The van der Waals surface area contributed by atoms with Gasteiger partial charge in [-0.25, -0.2) is 4.98 Å². The minimum Gasteiger partial charge on any atom is -0.347 e. The predicted molar refractivity (Wildman–Crippen MR) is 69.7 cm³/mol. The van der Waals surface area contributed by atoms with E-state index >= 15 is 0 Å². The standard InChI is InChI=1S/C12H16ClN3O2/c1-4-9-5-8(6-10(13)15-9)12(18)14-7-11(17)16(2)3/h5-6H,4,7H2,1-3H3,(H,14,18). The Morgan fingerprint density at radius 2 is 2.06 bits per heavy atom. The summed E-state index contributed by atoms with van der Waals surface area (Å²) in [5.74, 6) is -0.497. The van der Waals surface area contributed by atoms with E-state index in [0.29, 0.717) is 12.0 Å². The van der Waals surface area contributed by atoms with E-state index in [2.05, 4.69) is 10.3 Å². The number of nitrogens with one attached hydrogen (secondary N) is 1. The molecule has 0 fully saturated rings. The van der Waals surface area contributed by atoms with Gasteiger partial charge in [-0.2, -0.15) is 0 Å². The number of likely N-dealkylation sites (N-methyl/N-ethyl adjacent to an activating group) is 1. The van der Waals surface area contributed by atoms with Crippen molar-refractivity contribution in [2.45, 2.75) is 13.3 Å². The van der Waals surface area contributed by atoms with Gasteiger partial charge in [-0.05, 0) is 18.6 Å². The molecule has 0 radical (unpaired) electrons. The van der Waals surface area contributed by atoms with Gasteiger partial charge in [0.25, 0.3) is 5.91 Å². The second-order valence-corrected chi connectivity index (χ2v) is 4.38. The van der Waals surface area contributed by atoms with Gasteiger partial charge in [-0.1, -0.05) is 18.5 Å². The molecule has 6 heteroatoms. The lowest BCUT2D eigenvalue weighted by molar-refractivity contribution is -0.127. The Balaban J connectivity index is 2.72. The lowest BCUT2D eigenvalue weighted by Crippen LogP contribution is -2.36. The number of amides is 2. The van der Waals surface area contributed by atoms with Crippen molar-refractivity contribution in [1.29, 1.82) is 0 Å². The van der Waals surface area contributed by atoms with Gasteiger partial charge in [-0.3, -0.25) is 9.59 Å². The van der Waals surface area contributed by atoms with Crippen molar-refractivity contribution in [3.05, 3.63) is 28.5 Å². The van der Waals surface area contributed by atoms with Crippen LogP contribution < -0.4 is 5.32 Å². The largest absolute Gasteiger partial charge is 0.347 e. The van der Waals surface area contributed by atoms with Gasteiger partial charge in [0.1, 0.15) is 5.15 Å². The maximum absolute atomic E-state index is 11.8. The molecule has 0 unspecified atom stereocenters. The van der Waals surface area contributed by atoms with Gasteiger partial charge in [0, 0.05) is 25.4 Å². The van der Waals surface area contributed by atoms with E-state index in [1.807, 2.05) is 6.92 Å². The molecule has 0 aliphatic carbocycles. The second-order valence-electron chi connectivity index (χ2n) is 3.99. The van der Waals surface area contributed by atoms with E-state index in [-0.39, 0.29) is 23.5 Å². The predicted octanol–water partition coefficient (Wildman–Crippen LogP) is 1.12. The van der Waals surface area contributed by atoms with Crippen molar-refractivity contribution in [3.8, 4) is 0 Å². The van der Waals surface area contributed by atoms with Crippen LogP contribution in [0.3, 0.4) is 0 Å². The van der Waals surface area contributed by atoms with Crippen LogP contribution in [0.1, 0.15) is 23.0 Å². The van der Waals surface area contributed by atoms with Gasteiger partial charge >= 0.3 is 0 Å². The van der Waals surface area contributed by atoms with Crippen LogP contribution in [0.4, 0.5) is 0 Å². The summed E-state index contributed by atoms with van der Waals surface area (Å²) in [6.07, 6.45) is 0.692. The molecule has 0 aliphatic heterocycles. The number of aromatic nitrogens is 1. The SMILES string of the molecule is CCc1cc(C(=O)NCC(=O)N(C)C)cc(Cl)n1. The first kappa shape index (κ1) is 14.4. The van der Waals surface area contributed by atoms with E-state index in [9.17, 15) is 9.59 Å². The van der Waals surface area contributed by atoms with Gasteiger partial charge < -0.3 is 10.2 Å². The van der Waals surface area contributed by atoms with Crippen molar-refractivity contribution in [2.24, 2.45) is 0 Å². The molecule has 1 rings (SSSR count). The van der Waals surface area contributed by atoms with E-state index in [1.165, 1.54) is 11.0 Å². The average Bonchev–Trinajstić information content (AvgIpc) is 2.34. The summed E-state index contributed by atoms with van der Waals surface area (Å²) in [5, 5.41) is 2.82. The van der Waals surface area contributed by atoms with Crippen molar-refractivity contribution in [3.63, 3.8) is 0 Å². The molecule has 1 aromatic heterocycles. The Morgan fingerprint density at radius 1 is 1.39 bits per heavy atom. The second kappa shape index (κ2) is 6.35. The topological polar surface area (TPSA) is 62.3 Å². The molecule has 98 valence electrons. The number of carbonyl (C=O) groups excluding carboxylic acids is 2. The van der Waals surface area contributed by atoms with Crippen LogP contribution in [0.15, 0.2) is 12.1 Å². The number of hydrogen-bond donors (Lipinski definition) is 1. The van der Waals surface area contributed by atoms with E-state index in [0.717, 1.165) is 5.69 Å². The molecule has 18 heavy (non-hydrogen) atoms. The van der Waals surface area contributed by atoms with E-state index < -0.39 is 0 Å². The Kier molecular flexibility index (Phi) is 5.09. The molecule has 5 nitrogen and oxygen atoms in total. The Morgan fingerprint density at radius 3 is 2.61 bits per heavy atom. The Bertz CT molecular complexity index is 461.